The van der Waals surface area contributed by atoms with Gasteiger partial charge in [-0.25, -0.2) is 4.98 Å². The average Bonchev–Trinajstić information content (AvgIpc) is 2.45. The van der Waals surface area contributed by atoms with E-state index >= 15 is 0 Å². The highest BCUT2D eigenvalue weighted by Crippen LogP contribution is 2.22. The maximum Gasteiger partial charge on any atom is 0.251 e. The Labute approximate surface area is 124 Å². The third-order valence-electron chi connectivity index (χ3n) is 3.61. The fourth-order valence-electron chi connectivity index (χ4n) is 2.29. The highest BCUT2D eigenvalue weighted by atomic mass is 32.2. The maximum absolute atomic E-state index is 12.2. The topological polar surface area (TPSA) is 68.0 Å². The van der Waals surface area contributed by atoms with E-state index in [0.717, 1.165) is 12.2 Å². The fourth-order valence-corrected chi connectivity index (χ4v) is 3.49. The molecular formula is C15H23N3OS. The number of pyridine rings is 1. The van der Waals surface area contributed by atoms with Crippen LogP contribution in [-0.4, -0.2) is 28.9 Å². The van der Waals surface area contributed by atoms with Gasteiger partial charge in [0.25, 0.3) is 5.91 Å². The lowest BCUT2D eigenvalue weighted by Crippen LogP contribution is -2.31. The first-order valence-corrected chi connectivity index (χ1v) is 8.35. The van der Waals surface area contributed by atoms with Gasteiger partial charge in [0, 0.05) is 17.8 Å². The molecular weight excluding hydrogens is 270 g/mol. The van der Waals surface area contributed by atoms with Crippen LogP contribution in [0.1, 0.15) is 48.7 Å². The molecule has 2 heterocycles. The zero-order valence-corrected chi connectivity index (χ0v) is 13.0. The van der Waals surface area contributed by atoms with E-state index in [2.05, 4.69) is 10.3 Å². The van der Waals surface area contributed by atoms with Gasteiger partial charge in [-0.3, -0.25) is 4.79 Å². The normalized spacial score (nSPS) is 16.4. The molecule has 0 atom stereocenters. The van der Waals surface area contributed by atoms with Crippen molar-refractivity contribution in [3.8, 4) is 0 Å². The summed E-state index contributed by atoms with van der Waals surface area (Å²) >= 11 is 2.00. The maximum atomic E-state index is 12.2. The molecule has 0 saturated carbocycles. The first-order valence-electron chi connectivity index (χ1n) is 7.19. The van der Waals surface area contributed by atoms with E-state index in [-0.39, 0.29) is 11.8 Å². The molecule has 1 aliphatic rings. The lowest BCUT2D eigenvalue weighted by atomic mass is 10.0. The minimum absolute atomic E-state index is 0.0424. The van der Waals surface area contributed by atoms with Crippen LogP contribution in [0.5, 0.6) is 0 Å². The molecule has 1 fully saturated rings. The molecule has 1 aliphatic heterocycles. The van der Waals surface area contributed by atoms with Gasteiger partial charge >= 0.3 is 0 Å². The number of carbonyl (C=O) groups excluding carboxylic acids is 1. The van der Waals surface area contributed by atoms with Gasteiger partial charge in [-0.15, -0.1) is 0 Å². The average molecular weight is 293 g/mol. The number of carbonyl (C=O) groups is 1. The van der Waals surface area contributed by atoms with Gasteiger partial charge in [0.05, 0.1) is 0 Å². The number of rotatable bonds is 4. The van der Waals surface area contributed by atoms with Crippen LogP contribution in [0.4, 0.5) is 5.82 Å². The molecule has 1 aromatic rings. The number of nitrogens with one attached hydrogen (secondary N) is 1. The molecule has 0 spiro atoms. The largest absolute Gasteiger partial charge is 0.384 e. The van der Waals surface area contributed by atoms with Crippen molar-refractivity contribution in [2.45, 2.75) is 32.6 Å². The molecule has 1 saturated heterocycles. The molecule has 110 valence electrons. The van der Waals surface area contributed by atoms with Crippen molar-refractivity contribution in [3.63, 3.8) is 0 Å². The minimum atomic E-state index is -0.0424. The van der Waals surface area contributed by atoms with Gasteiger partial charge in [-0.2, -0.15) is 11.8 Å². The van der Waals surface area contributed by atoms with Crippen molar-refractivity contribution in [3.05, 3.63) is 23.4 Å². The van der Waals surface area contributed by atoms with Crippen LogP contribution in [-0.2, 0) is 0 Å². The van der Waals surface area contributed by atoms with E-state index in [9.17, 15) is 4.79 Å². The molecule has 0 aliphatic carbocycles. The van der Waals surface area contributed by atoms with Crippen LogP contribution in [0.2, 0.25) is 0 Å². The number of amides is 1. The second kappa shape index (κ2) is 6.97. The Hall–Kier alpha value is -1.23. The standard InChI is InChI=1S/C15H23N3OS/c1-10(2)13-7-12(8-14(16)18-13)15(19)17-9-11-3-5-20-6-4-11/h7-8,10-11H,3-6,9H2,1-2H3,(H2,16,18)(H,17,19). The van der Waals surface area contributed by atoms with E-state index in [1.54, 1.807) is 6.07 Å². The Morgan fingerprint density at radius 3 is 2.80 bits per heavy atom. The van der Waals surface area contributed by atoms with Crippen LogP contribution < -0.4 is 11.1 Å². The molecule has 1 aromatic heterocycles. The highest BCUT2D eigenvalue weighted by Gasteiger charge is 2.16. The highest BCUT2D eigenvalue weighted by molar-refractivity contribution is 7.99. The summed E-state index contributed by atoms with van der Waals surface area (Å²) in [5, 5.41) is 3.03. The van der Waals surface area contributed by atoms with Crippen LogP contribution in [0, 0.1) is 5.92 Å². The summed E-state index contributed by atoms with van der Waals surface area (Å²) in [6.45, 7) is 4.85. The van der Waals surface area contributed by atoms with Gasteiger partial charge in [0.1, 0.15) is 5.82 Å². The number of hydrogen-bond donors (Lipinski definition) is 2. The predicted octanol–water partition coefficient (Wildman–Crippen LogP) is 2.66. The number of aromatic nitrogens is 1. The number of nitrogens with zero attached hydrogens (tertiary/aromatic N) is 1. The summed E-state index contributed by atoms with van der Waals surface area (Å²) in [4.78, 5) is 16.5. The molecule has 0 bridgehead atoms. The van der Waals surface area contributed by atoms with E-state index < -0.39 is 0 Å². The fraction of sp³-hybridized carbons (Fsp3) is 0.600. The quantitative estimate of drug-likeness (QED) is 0.895. The Balaban J connectivity index is 1.97. The number of nitrogens with two attached hydrogens (primary N) is 1. The molecule has 2 rings (SSSR count). The van der Waals surface area contributed by atoms with Gasteiger partial charge in [-0.05, 0) is 48.3 Å². The molecule has 3 N–H and O–H groups in total. The first-order chi connectivity index (χ1) is 9.56. The Kier molecular flexibility index (Phi) is 5.29. The van der Waals surface area contributed by atoms with Crippen molar-refractivity contribution in [1.29, 1.82) is 0 Å². The van der Waals surface area contributed by atoms with Crippen LogP contribution in [0.25, 0.3) is 0 Å². The Morgan fingerprint density at radius 1 is 1.45 bits per heavy atom. The third-order valence-corrected chi connectivity index (χ3v) is 4.66. The summed E-state index contributed by atoms with van der Waals surface area (Å²) in [5.74, 6) is 3.67. The summed E-state index contributed by atoms with van der Waals surface area (Å²) < 4.78 is 0. The second-order valence-electron chi connectivity index (χ2n) is 5.63. The molecule has 4 nitrogen and oxygen atoms in total. The van der Waals surface area contributed by atoms with Gasteiger partial charge in [-0.1, -0.05) is 13.8 Å². The van der Waals surface area contributed by atoms with E-state index in [1.165, 1.54) is 24.3 Å². The van der Waals surface area contributed by atoms with Crippen LogP contribution >= 0.6 is 11.8 Å². The van der Waals surface area contributed by atoms with Crippen LogP contribution in [0.15, 0.2) is 12.1 Å². The van der Waals surface area contributed by atoms with Crippen molar-refractivity contribution in [2.75, 3.05) is 23.8 Å². The Bertz CT molecular complexity index is 470. The first kappa shape index (κ1) is 15.2. The van der Waals surface area contributed by atoms with Crippen LogP contribution in [0.3, 0.4) is 0 Å². The molecule has 20 heavy (non-hydrogen) atoms. The van der Waals surface area contributed by atoms with Crippen molar-refractivity contribution in [2.24, 2.45) is 5.92 Å². The van der Waals surface area contributed by atoms with Gasteiger partial charge in [0.2, 0.25) is 0 Å². The summed E-state index contributed by atoms with van der Waals surface area (Å²) in [7, 11) is 0. The number of thioether (sulfide) groups is 1. The van der Waals surface area contributed by atoms with Crippen molar-refractivity contribution < 1.29 is 4.79 Å². The Morgan fingerprint density at radius 2 is 2.15 bits per heavy atom. The SMILES string of the molecule is CC(C)c1cc(C(=O)NCC2CCSCC2)cc(N)n1. The van der Waals surface area contributed by atoms with E-state index in [4.69, 9.17) is 5.73 Å². The molecule has 0 aromatic carbocycles. The van der Waals surface area contributed by atoms with Gasteiger partial charge < -0.3 is 11.1 Å². The monoisotopic (exact) mass is 293 g/mol. The van der Waals surface area contributed by atoms with Crippen molar-refractivity contribution in [1.82, 2.24) is 10.3 Å². The smallest absolute Gasteiger partial charge is 0.251 e. The third kappa shape index (κ3) is 4.13. The van der Waals surface area contributed by atoms with E-state index in [0.29, 0.717) is 17.3 Å². The minimum Gasteiger partial charge on any atom is -0.384 e. The summed E-state index contributed by atoms with van der Waals surface area (Å²) in [6.07, 6.45) is 2.39. The molecule has 0 unspecified atom stereocenters. The number of hydrogen-bond acceptors (Lipinski definition) is 4. The zero-order chi connectivity index (χ0) is 14.5. The lowest BCUT2D eigenvalue weighted by molar-refractivity contribution is 0.0946. The molecule has 0 radical (unpaired) electrons. The summed E-state index contributed by atoms with van der Waals surface area (Å²) in [5.41, 5.74) is 7.26. The van der Waals surface area contributed by atoms with Gasteiger partial charge in [0.15, 0.2) is 0 Å². The molecule has 1 amide bonds. The predicted molar refractivity (Wildman–Crippen MR) is 85.1 cm³/mol. The van der Waals surface area contributed by atoms with E-state index in [1.807, 2.05) is 31.7 Å². The van der Waals surface area contributed by atoms with Crippen molar-refractivity contribution >= 4 is 23.5 Å². The summed E-state index contributed by atoms with van der Waals surface area (Å²) in [6, 6.07) is 3.49. The molecule has 5 heteroatoms. The zero-order valence-electron chi connectivity index (χ0n) is 12.2. The lowest BCUT2D eigenvalue weighted by Gasteiger charge is -2.21. The number of anilines is 1. The number of nitrogen functional groups attached to an aromatic ring is 1. The second-order valence-corrected chi connectivity index (χ2v) is 6.85.